The molecule has 5 rings (SSSR count). The van der Waals surface area contributed by atoms with Crippen molar-refractivity contribution in [3.8, 4) is 0 Å². The highest BCUT2D eigenvalue weighted by Gasteiger charge is 2.27. The molecule has 170 valence electrons. The largest absolute Gasteiger partial charge is 0.378 e. The fourth-order valence-corrected chi connectivity index (χ4v) is 5.22. The van der Waals surface area contributed by atoms with E-state index in [1.165, 1.54) is 16.5 Å². The summed E-state index contributed by atoms with van der Waals surface area (Å²) in [6.07, 6.45) is 7.34. The lowest BCUT2D eigenvalue weighted by Gasteiger charge is -2.32. The van der Waals surface area contributed by atoms with Crippen LogP contribution in [0.4, 0.5) is 0 Å². The van der Waals surface area contributed by atoms with Gasteiger partial charge in [-0.25, -0.2) is 0 Å². The van der Waals surface area contributed by atoms with Crippen molar-refractivity contribution in [1.82, 2.24) is 24.1 Å². The number of carbonyl (C=O) groups excluding carboxylic acids is 1. The SMILES string of the molecule is Cn1cc(C(=O)N2CCOCC2)c(CC2CCN(Cc3cn(C)c4ccccc34)CC2)n1. The normalized spacial score (nSPS) is 18.5. The maximum Gasteiger partial charge on any atom is 0.257 e. The number of piperidine rings is 1. The highest BCUT2D eigenvalue weighted by molar-refractivity contribution is 5.95. The standard InChI is InChI=1S/C25H33N5O2/c1-27-16-20(21-5-3-4-6-24(21)27)17-29-9-7-19(8-10-29)15-23-22(18-28(2)26-23)25(31)30-11-13-32-14-12-30/h3-6,16,18-19H,7-15,17H2,1-2H3. The highest BCUT2D eigenvalue weighted by atomic mass is 16.5. The number of ether oxygens (including phenoxy) is 1. The molecule has 32 heavy (non-hydrogen) atoms. The van der Waals surface area contributed by atoms with Crippen molar-refractivity contribution in [2.45, 2.75) is 25.8 Å². The van der Waals surface area contributed by atoms with Gasteiger partial charge in [-0.05, 0) is 49.9 Å². The Kier molecular flexibility index (Phi) is 6.02. The Morgan fingerprint density at radius 1 is 1.06 bits per heavy atom. The van der Waals surface area contributed by atoms with E-state index in [0.717, 1.165) is 50.2 Å². The second-order valence-corrected chi connectivity index (χ2v) is 9.27. The summed E-state index contributed by atoms with van der Waals surface area (Å²) in [5.41, 5.74) is 4.43. The molecule has 0 spiro atoms. The molecule has 2 saturated heterocycles. The van der Waals surface area contributed by atoms with Crippen molar-refractivity contribution in [2.24, 2.45) is 20.0 Å². The number of nitrogens with zero attached hydrogens (tertiary/aromatic N) is 5. The zero-order valence-electron chi connectivity index (χ0n) is 19.2. The smallest absolute Gasteiger partial charge is 0.257 e. The summed E-state index contributed by atoms with van der Waals surface area (Å²) in [6.45, 7) is 5.76. The number of para-hydroxylation sites is 1. The first-order valence-corrected chi connectivity index (χ1v) is 11.7. The maximum atomic E-state index is 13.0. The molecular weight excluding hydrogens is 402 g/mol. The van der Waals surface area contributed by atoms with E-state index in [2.05, 4.69) is 52.1 Å². The van der Waals surface area contributed by atoms with E-state index in [-0.39, 0.29) is 5.91 Å². The number of rotatable bonds is 5. The average molecular weight is 436 g/mol. The summed E-state index contributed by atoms with van der Waals surface area (Å²) in [5.74, 6) is 0.676. The number of likely N-dealkylation sites (tertiary alicyclic amines) is 1. The summed E-state index contributed by atoms with van der Waals surface area (Å²) >= 11 is 0. The van der Waals surface area contributed by atoms with Gasteiger partial charge in [-0.2, -0.15) is 5.10 Å². The summed E-state index contributed by atoms with van der Waals surface area (Å²) < 4.78 is 9.42. The molecule has 0 unspecified atom stereocenters. The summed E-state index contributed by atoms with van der Waals surface area (Å²) in [6, 6.07) is 8.65. The van der Waals surface area contributed by atoms with Crippen LogP contribution in [0.15, 0.2) is 36.7 Å². The lowest BCUT2D eigenvalue weighted by molar-refractivity contribution is 0.0302. The lowest BCUT2D eigenvalue weighted by Crippen LogP contribution is -2.41. The zero-order valence-corrected chi connectivity index (χ0v) is 19.2. The molecule has 1 aromatic carbocycles. The third-order valence-electron chi connectivity index (χ3n) is 7.00. The number of fused-ring (bicyclic) bond motifs is 1. The molecule has 2 aromatic heterocycles. The second-order valence-electron chi connectivity index (χ2n) is 9.27. The Bertz CT molecular complexity index is 1090. The van der Waals surface area contributed by atoms with Gasteiger partial charge < -0.3 is 14.2 Å². The van der Waals surface area contributed by atoms with Crippen LogP contribution in [0.5, 0.6) is 0 Å². The Morgan fingerprint density at radius 2 is 1.81 bits per heavy atom. The summed E-state index contributed by atoms with van der Waals surface area (Å²) in [5, 5.41) is 6.02. The van der Waals surface area contributed by atoms with Crippen LogP contribution in [0.2, 0.25) is 0 Å². The molecule has 3 aromatic rings. The molecule has 7 nitrogen and oxygen atoms in total. The van der Waals surface area contributed by atoms with Gasteiger partial charge in [0.1, 0.15) is 0 Å². The highest BCUT2D eigenvalue weighted by Crippen LogP contribution is 2.27. The van der Waals surface area contributed by atoms with Gasteiger partial charge in [0.2, 0.25) is 0 Å². The Morgan fingerprint density at radius 3 is 2.59 bits per heavy atom. The minimum Gasteiger partial charge on any atom is -0.378 e. The summed E-state index contributed by atoms with van der Waals surface area (Å²) in [7, 11) is 4.03. The van der Waals surface area contributed by atoms with Crippen molar-refractivity contribution in [3.63, 3.8) is 0 Å². The molecule has 0 atom stereocenters. The predicted octanol–water partition coefficient (Wildman–Crippen LogP) is 2.84. The van der Waals surface area contributed by atoms with Crippen molar-refractivity contribution < 1.29 is 9.53 Å². The van der Waals surface area contributed by atoms with E-state index in [1.807, 2.05) is 18.1 Å². The molecule has 0 saturated carbocycles. The Hall–Kier alpha value is -2.64. The van der Waals surface area contributed by atoms with Gasteiger partial charge in [-0.15, -0.1) is 0 Å². The van der Waals surface area contributed by atoms with Crippen molar-refractivity contribution in [2.75, 3.05) is 39.4 Å². The topological polar surface area (TPSA) is 55.5 Å². The number of hydrogen-bond donors (Lipinski definition) is 0. The van der Waals surface area contributed by atoms with Gasteiger partial charge >= 0.3 is 0 Å². The molecule has 0 aliphatic carbocycles. The number of carbonyl (C=O) groups is 1. The second kappa shape index (κ2) is 9.08. The Labute approximate surface area is 189 Å². The molecule has 2 aliphatic rings. The van der Waals surface area contributed by atoms with Crippen molar-refractivity contribution >= 4 is 16.8 Å². The monoisotopic (exact) mass is 435 g/mol. The van der Waals surface area contributed by atoms with Crippen LogP contribution in [0.25, 0.3) is 10.9 Å². The quantitative estimate of drug-likeness (QED) is 0.619. The molecule has 4 heterocycles. The van der Waals surface area contributed by atoms with Gasteiger partial charge in [0.25, 0.3) is 5.91 Å². The zero-order chi connectivity index (χ0) is 22.1. The van der Waals surface area contributed by atoms with Gasteiger partial charge in [-0.3, -0.25) is 14.4 Å². The van der Waals surface area contributed by atoms with E-state index in [9.17, 15) is 4.79 Å². The minimum atomic E-state index is 0.102. The Balaban J connectivity index is 1.20. The van der Waals surface area contributed by atoms with E-state index in [4.69, 9.17) is 4.74 Å². The number of amides is 1. The van der Waals surface area contributed by atoms with Crippen LogP contribution in [0.3, 0.4) is 0 Å². The fourth-order valence-electron chi connectivity index (χ4n) is 5.22. The predicted molar refractivity (Wildman–Crippen MR) is 125 cm³/mol. The number of aromatic nitrogens is 3. The van der Waals surface area contributed by atoms with E-state index in [1.54, 1.807) is 4.68 Å². The molecule has 1 amide bonds. The van der Waals surface area contributed by atoms with E-state index < -0.39 is 0 Å². The van der Waals surface area contributed by atoms with Crippen molar-refractivity contribution in [3.05, 3.63) is 53.5 Å². The van der Waals surface area contributed by atoms with Gasteiger partial charge in [0, 0.05) is 57.0 Å². The number of benzene rings is 1. The van der Waals surface area contributed by atoms with Crippen LogP contribution < -0.4 is 0 Å². The molecule has 2 aliphatic heterocycles. The van der Waals surface area contributed by atoms with Crippen LogP contribution in [0.1, 0.15) is 34.5 Å². The first-order chi connectivity index (χ1) is 15.6. The minimum absolute atomic E-state index is 0.102. The average Bonchev–Trinajstić information content (AvgIpc) is 3.34. The van der Waals surface area contributed by atoms with Gasteiger partial charge in [0.05, 0.1) is 24.5 Å². The first-order valence-electron chi connectivity index (χ1n) is 11.7. The third-order valence-corrected chi connectivity index (χ3v) is 7.00. The lowest BCUT2D eigenvalue weighted by atomic mass is 9.91. The maximum absolute atomic E-state index is 13.0. The molecule has 0 N–H and O–H groups in total. The number of morpholine rings is 1. The molecular formula is C25H33N5O2. The number of aryl methyl sites for hydroxylation is 2. The fraction of sp³-hybridized carbons (Fsp3) is 0.520. The summed E-state index contributed by atoms with van der Waals surface area (Å²) in [4.78, 5) is 17.5. The van der Waals surface area contributed by atoms with Crippen molar-refractivity contribution in [1.29, 1.82) is 0 Å². The molecule has 0 bridgehead atoms. The number of hydrogen-bond acceptors (Lipinski definition) is 4. The van der Waals surface area contributed by atoms with Crippen LogP contribution >= 0.6 is 0 Å². The van der Waals surface area contributed by atoms with Gasteiger partial charge in [-0.1, -0.05) is 18.2 Å². The first kappa shape index (κ1) is 21.2. The van der Waals surface area contributed by atoms with Crippen LogP contribution in [-0.4, -0.2) is 69.4 Å². The van der Waals surface area contributed by atoms with Crippen LogP contribution in [0, 0.1) is 5.92 Å². The molecule has 0 radical (unpaired) electrons. The van der Waals surface area contributed by atoms with E-state index in [0.29, 0.717) is 32.2 Å². The molecule has 7 heteroatoms. The van der Waals surface area contributed by atoms with E-state index >= 15 is 0 Å². The van der Waals surface area contributed by atoms with Gasteiger partial charge in [0.15, 0.2) is 0 Å². The molecule has 2 fully saturated rings. The third kappa shape index (κ3) is 4.32. The van der Waals surface area contributed by atoms with Crippen LogP contribution in [-0.2, 0) is 31.8 Å².